The second kappa shape index (κ2) is 12.6. The molecule has 0 aliphatic carbocycles. The molecule has 2 heterocycles. The minimum absolute atomic E-state index is 0.153. The summed E-state index contributed by atoms with van der Waals surface area (Å²) in [5.74, 6) is 0.963. The summed E-state index contributed by atoms with van der Waals surface area (Å²) >= 11 is 0. The van der Waals surface area contributed by atoms with Gasteiger partial charge in [0.05, 0.1) is 28.0 Å². The van der Waals surface area contributed by atoms with Crippen molar-refractivity contribution in [2.45, 2.75) is 52.4 Å². The number of phenolic OH excluding ortho intramolecular Hbond substituents is 1. The van der Waals surface area contributed by atoms with Gasteiger partial charge in [-0.1, -0.05) is 139 Å². The van der Waals surface area contributed by atoms with Crippen LogP contribution in [0, 0.1) is 0 Å². The maximum atomic E-state index is 12.3. The number of para-hydroxylation sites is 2. The molecule has 0 radical (unpaired) electrons. The van der Waals surface area contributed by atoms with Crippen LogP contribution < -0.4 is 0 Å². The number of fused-ring (bicyclic) bond motifs is 2. The van der Waals surface area contributed by atoms with Crippen LogP contribution in [0.25, 0.3) is 72.4 Å². The number of hydrogen-bond acceptors (Lipinski definition) is 3. The summed E-state index contributed by atoms with van der Waals surface area (Å²) in [6.45, 7) is 13.1. The summed E-state index contributed by atoms with van der Waals surface area (Å²) in [6, 6.07) is 48.7. The molecule has 0 amide bonds. The zero-order valence-electron chi connectivity index (χ0n) is 30.6. The Labute approximate surface area is 306 Å². The number of rotatable bonds is 5. The van der Waals surface area contributed by atoms with Gasteiger partial charge in [0.2, 0.25) is 0 Å². The predicted octanol–water partition coefficient (Wildman–Crippen LogP) is 12.5. The second-order valence-corrected chi connectivity index (χ2v) is 15.7. The van der Waals surface area contributed by atoms with Gasteiger partial charge in [0.1, 0.15) is 11.6 Å². The largest absolute Gasteiger partial charge is 0.507 e. The predicted molar refractivity (Wildman–Crippen MR) is 217 cm³/mol. The van der Waals surface area contributed by atoms with Crippen molar-refractivity contribution in [3.63, 3.8) is 0 Å². The first-order valence-electron chi connectivity index (χ1n) is 18.0. The van der Waals surface area contributed by atoms with E-state index in [2.05, 4.69) is 167 Å². The van der Waals surface area contributed by atoms with Crippen molar-refractivity contribution >= 4 is 21.8 Å². The Hall–Kier alpha value is -6.00. The second-order valence-electron chi connectivity index (χ2n) is 15.7. The van der Waals surface area contributed by atoms with Crippen LogP contribution in [-0.2, 0) is 10.8 Å². The van der Waals surface area contributed by atoms with Crippen LogP contribution in [0.3, 0.4) is 0 Å². The quantitative estimate of drug-likeness (QED) is 0.197. The smallest absolute Gasteiger partial charge is 0.149 e. The molecule has 0 unspecified atom stereocenters. The van der Waals surface area contributed by atoms with Crippen LogP contribution in [0.1, 0.15) is 52.7 Å². The van der Waals surface area contributed by atoms with Gasteiger partial charge in [-0.05, 0) is 80.8 Å². The lowest BCUT2D eigenvalue weighted by molar-refractivity contribution is 0.446. The molecule has 8 rings (SSSR count). The third-order valence-electron chi connectivity index (χ3n) is 10.1. The molecule has 0 bridgehead atoms. The van der Waals surface area contributed by atoms with Crippen LogP contribution in [0.2, 0.25) is 0 Å². The van der Waals surface area contributed by atoms with Crippen LogP contribution in [0.5, 0.6) is 5.75 Å². The molecular weight excluding hydrogens is 635 g/mol. The summed E-state index contributed by atoms with van der Waals surface area (Å²) in [7, 11) is 0. The summed E-state index contributed by atoms with van der Waals surface area (Å²) < 4.78 is 2.25. The Morgan fingerprint density at radius 1 is 0.558 bits per heavy atom. The molecule has 4 nitrogen and oxygen atoms in total. The first kappa shape index (κ1) is 33.2. The number of aromatic nitrogens is 3. The lowest BCUT2D eigenvalue weighted by Gasteiger charge is -2.27. The maximum Gasteiger partial charge on any atom is 0.149 e. The number of nitrogens with zero attached hydrogens (tertiary/aromatic N) is 3. The zero-order chi connectivity index (χ0) is 36.2. The highest BCUT2D eigenvalue weighted by Crippen LogP contribution is 2.45. The van der Waals surface area contributed by atoms with Gasteiger partial charge < -0.3 is 5.11 Å². The lowest BCUT2D eigenvalue weighted by atomic mass is 9.79. The third kappa shape index (κ3) is 5.84. The first-order chi connectivity index (χ1) is 25.0. The van der Waals surface area contributed by atoms with E-state index in [0.29, 0.717) is 5.82 Å². The fourth-order valence-electron chi connectivity index (χ4n) is 7.30. The molecule has 256 valence electrons. The average molecular weight is 678 g/mol. The molecule has 4 heteroatoms. The topological polar surface area (TPSA) is 50.9 Å². The van der Waals surface area contributed by atoms with Crippen molar-refractivity contribution < 1.29 is 5.11 Å². The molecule has 0 aliphatic rings. The van der Waals surface area contributed by atoms with Crippen molar-refractivity contribution in [1.82, 2.24) is 14.5 Å². The minimum atomic E-state index is -0.295. The Balaban J connectivity index is 1.49. The zero-order valence-corrected chi connectivity index (χ0v) is 30.6. The van der Waals surface area contributed by atoms with Crippen molar-refractivity contribution in [2.75, 3.05) is 0 Å². The highest BCUT2D eigenvalue weighted by atomic mass is 16.3. The number of hydrogen-bond donors (Lipinski definition) is 1. The monoisotopic (exact) mass is 677 g/mol. The molecule has 2 aromatic heterocycles. The number of imidazole rings is 1. The average Bonchev–Trinajstić information content (AvgIpc) is 3.53. The number of benzene rings is 6. The molecule has 0 spiro atoms. The van der Waals surface area contributed by atoms with Gasteiger partial charge in [-0.3, -0.25) is 9.55 Å². The van der Waals surface area contributed by atoms with E-state index < -0.39 is 0 Å². The Kier molecular flexibility index (Phi) is 8.06. The summed E-state index contributed by atoms with van der Waals surface area (Å²) in [4.78, 5) is 10.3. The fourth-order valence-corrected chi connectivity index (χ4v) is 7.30. The fraction of sp³-hybridized carbons (Fsp3) is 0.167. The molecular formula is C48H43N3O. The van der Waals surface area contributed by atoms with E-state index >= 15 is 0 Å². The number of pyridine rings is 1. The maximum absolute atomic E-state index is 12.3. The molecule has 1 N–H and O–H groups in total. The van der Waals surface area contributed by atoms with E-state index in [0.717, 1.165) is 77.7 Å². The van der Waals surface area contributed by atoms with Gasteiger partial charge >= 0.3 is 0 Å². The van der Waals surface area contributed by atoms with Crippen LogP contribution >= 0.6 is 0 Å². The molecule has 6 aromatic carbocycles. The van der Waals surface area contributed by atoms with Crippen LogP contribution in [-0.4, -0.2) is 19.6 Å². The van der Waals surface area contributed by atoms with Gasteiger partial charge in [0, 0.05) is 28.5 Å². The van der Waals surface area contributed by atoms with E-state index in [-0.39, 0.29) is 16.6 Å². The normalized spacial score (nSPS) is 12.1. The van der Waals surface area contributed by atoms with Gasteiger partial charge in [0.25, 0.3) is 0 Å². The standard InChI is InChI=1S/C48H43N3O/c1-47(2,3)34-29-39(45(52)40(30-34)48(4,5)6)46-50-44-37(33-27-32-19-10-11-20-35(32)38(28-33)41-23-14-15-26-49-41)22-16-25-43(44)51(46)42-24-13-12-21-36(42)31-17-8-7-9-18-31/h7-30,52H,1-6H3. The molecule has 0 saturated carbocycles. The molecule has 8 aromatic rings. The van der Waals surface area contributed by atoms with E-state index in [1.54, 1.807) is 0 Å². The molecule has 0 aliphatic heterocycles. The highest BCUT2D eigenvalue weighted by molar-refractivity contribution is 6.03. The van der Waals surface area contributed by atoms with Gasteiger partial charge in [0.15, 0.2) is 0 Å². The van der Waals surface area contributed by atoms with Gasteiger partial charge in [-0.15, -0.1) is 0 Å². The van der Waals surface area contributed by atoms with Crippen LogP contribution in [0.4, 0.5) is 0 Å². The molecule has 0 atom stereocenters. The van der Waals surface area contributed by atoms with Gasteiger partial charge in [-0.25, -0.2) is 4.98 Å². The van der Waals surface area contributed by atoms with Crippen molar-refractivity contribution in [1.29, 1.82) is 0 Å². The van der Waals surface area contributed by atoms with E-state index in [1.807, 2.05) is 24.4 Å². The molecule has 52 heavy (non-hydrogen) atoms. The van der Waals surface area contributed by atoms with E-state index in [9.17, 15) is 5.11 Å². The summed E-state index contributed by atoms with van der Waals surface area (Å²) in [6.07, 6.45) is 1.85. The third-order valence-corrected chi connectivity index (χ3v) is 10.1. The first-order valence-corrected chi connectivity index (χ1v) is 18.0. The highest BCUT2D eigenvalue weighted by Gasteiger charge is 2.29. The molecule has 0 fully saturated rings. The van der Waals surface area contributed by atoms with Crippen molar-refractivity contribution in [2.24, 2.45) is 0 Å². The summed E-state index contributed by atoms with van der Waals surface area (Å²) in [5, 5.41) is 14.5. The van der Waals surface area contributed by atoms with Gasteiger partial charge in [-0.2, -0.15) is 0 Å². The number of aromatic hydroxyl groups is 1. The van der Waals surface area contributed by atoms with E-state index in [1.165, 1.54) is 0 Å². The SMILES string of the molecule is CC(C)(C)c1cc(-c2nc3c(-c4cc(-c5ccccn5)c5ccccc5c4)cccc3n2-c2ccccc2-c2ccccc2)c(O)c(C(C)(C)C)c1. The Morgan fingerprint density at radius 3 is 2.02 bits per heavy atom. The Morgan fingerprint density at radius 2 is 1.27 bits per heavy atom. The Bertz CT molecular complexity index is 2590. The van der Waals surface area contributed by atoms with Crippen molar-refractivity contribution in [3.8, 4) is 56.3 Å². The van der Waals surface area contributed by atoms with Crippen molar-refractivity contribution in [3.05, 3.63) is 157 Å². The molecule has 0 saturated heterocycles. The summed E-state index contributed by atoms with van der Waals surface area (Å²) in [5.41, 5.74) is 11.4. The lowest BCUT2D eigenvalue weighted by Crippen LogP contribution is -2.17. The van der Waals surface area contributed by atoms with E-state index in [4.69, 9.17) is 9.97 Å². The minimum Gasteiger partial charge on any atom is -0.507 e. The number of phenols is 1. The van der Waals surface area contributed by atoms with Crippen LogP contribution in [0.15, 0.2) is 146 Å².